The first-order chi connectivity index (χ1) is 12.2. The fourth-order valence-electron chi connectivity index (χ4n) is 4.56. The van der Waals surface area contributed by atoms with Crippen molar-refractivity contribution in [3.8, 4) is 0 Å². The van der Waals surface area contributed by atoms with Crippen LogP contribution in [-0.2, 0) is 4.74 Å². The highest BCUT2D eigenvalue weighted by Gasteiger charge is 2.28. The van der Waals surface area contributed by atoms with Crippen LogP contribution in [0, 0.1) is 23.7 Å². The number of amides is 1. The Kier molecular flexibility index (Phi) is 8.25. The smallest absolute Gasteiger partial charge is 0.410 e. The second-order valence-corrected chi connectivity index (χ2v) is 9.89. The molecule has 2 atom stereocenters. The molecule has 0 aromatic carbocycles. The van der Waals surface area contributed by atoms with Gasteiger partial charge in [0.15, 0.2) is 0 Å². The van der Waals surface area contributed by atoms with E-state index in [2.05, 4.69) is 19.2 Å². The number of likely N-dealkylation sites (tertiary alicyclic amines) is 1. The minimum absolute atomic E-state index is 0.139. The molecule has 0 spiro atoms. The molecule has 2 unspecified atom stereocenters. The van der Waals surface area contributed by atoms with Crippen LogP contribution in [0.5, 0.6) is 0 Å². The van der Waals surface area contributed by atoms with Crippen LogP contribution in [0.2, 0.25) is 0 Å². The van der Waals surface area contributed by atoms with Gasteiger partial charge in [-0.25, -0.2) is 4.79 Å². The maximum absolute atomic E-state index is 12.2. The second kappa shape index (κ2) is 9.96. The van der Waals surface area contributed by atoms with E-state index in [0.717, 1.165) is 49.6 Å². The number of ether oxygens (including phenoxy) is 1. The van der Waals surface area contributed by atoms with Gasteiger partial charge in [0.1, 0.15) is 5.60 Å². The Labute approximate surface area is 161 Å². The van der Waals surface area contributed by atoms with Crippen molar-refractivity contribution in [3.05, 3.63) is 0 Å². The highest BCUT2D eigenvalue weighted by Crippen LogP contribution is 2.31. The van der Waals surface area contributed by atoms with Crippen molar-refractivity contribution >= 4 is 6.09 Å². The van der Waals surface area contributed by atoms with E-state index in [-0.39, 0.29) is 6.09 Å². The van der Waals surface area contributed by atoms with E-state index in [9.17, 15) is 4.79 Å². The summed E-state index contributed by atoms with van der Waals surface area (Å²) in [7, 11) is 0. The lowest BCUT2D eigenvalue weighted by Crippen LogP contribution is -2.41. The van der Waals surface area contributed by atoms with E-state index in [1.54, 1.807) is 0 Å². The molecule has 1 amide bonds. The normalized spacial score (nSPS) is 22.9. The lowest BCUT2D eigenvalue weighted by molar-refractivity contribution is 0.0175. The molecule has 0 bridgehead atoms. The Morgan fingerprint density at radius 1 is 1.08 bits per heavy atom. The minimum atomic E-state index is -0.395. The standard InChI is InChI=1S/C22H42N2O2/c1-17(6-7-18(2)20-8-12-23-13-9-20)16-19-10-14-24(15-11-19)21(25)26-22(3,4)5/h17-20,23H,6-16H2,1-5H3. The van der Waals surface area contributed by atoms with Crippen molar-refractivity contribution in [3.63, 3.8) is 0 Å². The molecule has 0 radical (unpaired) electrons. The van der Waals surface area contributed by atoms with E-state index < -0.39 is 5.60 Å². The van der Waals surface area contributed by atoms with Gasteiger partial charge in [0.2, 0.25) is 0 Å². The second-order valence-electron chi connectivity index (χ2n) is 9.89. The lowest BCUT2D eigenvalue weighted by atomic mass is 9.80. The largest absolute Gasteiger partial charge is 0.444 e. The summed E-state index contributed by atoms with van der Waals surface area (Å²) >= 11 is 0. The minimum Gasteiger partial charge on any atom is -0.444 e. The van der Waals surface area contributed by atoms with Gasteiger partial charge in [-0.15, -0.1) is 0 Å². The Morgan fingerprint density at radius 3 is 2.27 bits per heavy atom. The third kappa shape index (κ3) is 7.46. The first-order valence-electron chi connectivity index (χ1n) is 10.9. The molecule has 2 aliphatic rings. The van der Waals surface area contributed by atoms with E-state index in [1.807, 2.05) is 25.7 Å². The van der Waals surface area contributed by atoms with Crippen LogP contribution < -0.4 is 5.32 Å². The molecule has 4 nitrogen and oxygen atoms in total. The van der Waals surface area contributed by atoms with Gasteiger partial charge < -0.3 is 15.0 Å². The highest BCUT2D eigenvalue weighted by atomic mass is 16.6. The Morgan fingerprint density at radius 2 is 1.69 bits per heavy atom. The maximum Gasteiger partial charge on any atom is 0.410 e. The molecule has 2 saturated heterocycles. The van der Waals surface area contributed by atoms with Crippen molar-refractivity contribution in [1.29, 1.82) is 0 Å². The molecule has 0 aromatic heterocycles. The van der Waals surface area contributed by atoms with Gasteiger partial charge in [-0.05, 0) is 89.6 Å². The molecule has 0 saturated carbocycles. The van der Waals surface area contributed by atoms with Crippen LogP contribution in [0.25, 0.3) is 0 Å². The van der Waals surface area contributed by atoms with Gasteiger partial charge in [0, 0.05) is 13.1 Å². The SMILES string of the molecule is CC(CCC(C)C1CCNCC1)CC1CCN(C(=O)OC(C)(C)C)CC1. The molecule has 4 heteroatoms. The van der Waals surface area contributed by atoms with Crippen LogP contribution in [-0.4, -0.2) is 42.8 Å². The van der Waals surface area contributed by atoms with Crippen molar-refractivity contribution in [1.82, 2.24) is 10.2 Å². The molecule has 2 heterocycles. The van der Waals surface area contributed by atoms with Crippen molar-refractivity contribution in [2.45, 2.75) is 85.2 Å². The zero-order valence-electron chi connectivity index (χ0n) is 17.9. The van der Waals surface area contributed by atoms with Crippen molar-refractivity contribution in [2.75, 3.05) is 26.2 Å². The molecule has 2 rings (SSSR count). The molecule has 0 aliphatic carbocycles. The van der Waals surface area contributed by atoms with Crippen molar-refractivity contribution < 1.29 is 9.53 Å². The first kappa shape index (κ1) is 21.5. The fourth-order valence-corrected chi connectivity index (χ4v) is 4.56. The zero-order chi connectivity index (χ0) is 19.2. The van der Waals surface area contributed by atoms with E-state index in [1.165, 1.54) is 45.2 Å². The van der Waals surface area contributed by atoms with Gasteiger partial charge >= 0.3 is 6.09 Å². The van der Waals surface area contributed by atoms with Crippen LogP contribution >= 0.6 is 0 Å². The van der Waals surface area contributed by atoms with Crippen LogP contribution in [0.3, 0.4) is 0 Å². The molecule has 2 fully saturated rings. The Hall–Kier alpha value is -0.770. The van der Waals surface area contributed by atoms with Crippen LogP contribution in [0.1, 0.15) is 79.6 Å². The summed E-state index contributed by atoms with van der Waals surface area (Å²) in [6, 6.07) is 0. The quantitative estimate of drug-likeness (QED) is 0.713. The van der Waals surface area contributed by atoms with E-state index >= 15 is 0 Å². The number of nitrogens with one attached hydrogen (secondary N) is 1. The summed E-state index contributed by atoms with van der Waals surface area (Å²) in [5, 5.41) is 3.48. The maximum atomic E-state index is 12.2. The predicted octanol–water partition coefficient (Wildman–Crippen LogP) is 5.08. The Bertz CT molecular complexity index is 418. The van der Waals surface area contributed by atoms with Gasteiger partial charge in [-0.3, -0.25) is 0 Å². The van der Waals surface area contributed by atoms with Crippen molar-refractivity contribution in [2.24, 2.45) is 23.7 Å². The predicted molar refractivity (Wildman–Crippen MR) is 108 cm³/mol. The number of hydrogen-bond acceptors (Lipinski definition) is 3. The molecule has 2 aliphatic heterocycles. The third-order valence-electron chi connectivity index (χ3n) is 6.31. The van der Waals surface area contributed by atoms with Gasteiger partial charge in [-0.2, -0.15) is 0 Å². The average Bonchev–Trinajstić information content (AvgIpc) is 2.59. The van der Waals surface area contributed by atoms with E-state index in [0.29, 0.717) is 0 Å². The Balaban J connectivity index is 1.63. The molecular formula is C22H42N2O2. The van der Waals surface area contributed by atoms with Crippen LogP contribution in [0.15, 0.2) is 0 Å². The monoisotopic (exact) mass is 366 g/mol. The molecule has 1 N–H and O–H groups in total. The summed E-state index contributed by atoms with van der Waals surface area (Å²) in [6.45, 7) is 14.8. The highest BCUT2D eigenvalue weighted by molar-refractivity contribution is 5.68. The van der Waals surface area contributed by atoms with Gasteiger partial charge in [-0.1, -0.05) is 26.7 Å². The number of nitrogens with zero attached hydrogens (tertiary/aromatic N) is 1. The van der Waals surface area contributed by atoms with E-state index in [4.69, 9.17) is 4.74 Å². The molecular weight excluding hydrogens is 324 g/mol. The molecule has 152 valence electrons. The lowest BCUT2D eigenvalue weighted by Gasteiger charge is -2.34. The van der Waals surface area contributed by atoms with Gasteiger partial charge in [0.25, 0.3) is 0 Å². The topological polar surface area (TPSA) is 41.6 Å². The summed E-state index contributed by atoms with van der Waals surface area (Å²) in [5.74, 6) is 3.38. The number of rotatable bonds is 6. The number of carbonyl (C=O) groups is 1. The summed E-state index contributed by atoms with van der Waals surface area (Å²) < 4.78 is 5.50. The number of piperidine rings is 2. The molecule has 0 aromatic rings. The van der Waals surface area contributed by atoms with Crippen LogP contribution in [0.4, 0.5) is 4.79 Å². The summed E-state index contributed by atoms with van der Waals surface area (Å²) in [6.07, 6.45) is 8.90. The zero-order valence-corrected chi connectivity index (χ0v) is 17.9. The number of carbonyl (C=O) groups excluding carboxylic acids is 1. The molecule has 26 heavy (non-hydrogen) atoms. The fraction of sp³-hybridized carbons (Fsp3) is 0.955. The third-order valence-corrected chi connectivity index (χ3v) is 6.31. The summed E-state index contributed by atoms with van der Waals surface area (Å²) in [4.78, 5) is 14.1. The first-order valence-corrected chi connectivity index (χ1v) is 10.9. The number of hydrogen-bond donors (Lipinski definition) is 1. The summed E-state index contributed by atoms with van der Waals surface area (Å²) in [5.41, 5.74) is -0.395. The van der Waals surface area contributed by atoms with Gasteiger partial charge in [0.05, 0.1) is 0 Å². The average molecular weight is 367 g/mol.